The summed E-state index contributed by atoms with van der Waals surface area (Å²) in [6.45, 7) is 4.53. The van der Waals surface area contributed by atoms with E-state index in [0.29, 0.717) is 32.5 Å². The molecule has 0 spiro atoms. The van der Waals surface area contributed by atoms with Crippen LogP contribution in [0.1, 0.15) is 42.4 Å². The van der Waals surface area contributed by atoms with Crippen LogP contribution in [0.5, 0.6) is 0 Å². The molecule has 0 bridgehead atoms. The van der Waals surface area contributed by atoms with Gasteiger partial charge in [-0.3, -0.25) is 14.5 Å². The third-order valence-corrected chi connectivity index (χ3v) is 9.27. The number of carboxylic acids is 1. The first-order chi connectivity index (χ1) is 20.3. The van der Waals surface area contributed by atoms with E-state index in [0.717, 1.165) is 28.8 Å². The molecule has 0 radical (unpaired) electrons. The van der Waals surface area contributed by atoms with Gasteiger partial charge in [-0.05, 0) is 46.6 Å². The van der Waals surface area contributed by atoms with E-state index >= 15 is 0 Å². The number of rotatable bonds is 7. The number of fused-ring (bicyclic) bond motifs is 3. The highest BCUT2D eigenvalue weighted by Gasteiger charge is 2.48. The molecule has 3 aliphatic rings. The molecule has 42 heavy (non-hydrogen) atoms. The Morgan fingerprint density at radius 1 is 0.881 bits per heavy atom. The second-order valence-corrected chi connectivity index (χ2v) is 11.9. The molecule has 2 aliphatic heterocycles. The number of hydrogen-bond donors (Lipinski definition) is 2. The Hall–Kier alpha value is -4.17. The number of carbonyl (C=O) groups excluding carboxylic acids is 2. The lowest BCUT2D eigenvalue weighted by atomic mass is 9.85. The fraction of sp³-hybridized carbons (Fsp3) is 0.382. The summed E-state index contributed by atoms with van der Waals surface area (Å²) in [7, 11) is 0. The largest absolute Gasteiger partial charge is 0.481 e. The van der Waals surface area contributed by atoms with Gasteiger partial charge in [0.2, 0.25) is 5.91 Å². The molecule has 2 fully saturated rings. The Morgan fingerprint density at radius 3 is 2.07 bits per heavy atom. The van der Waals surface area contributed by atoms with E-state index in [1.165, 1.54) is 5.56 Å². The van der Waals surface area contributed by atoms with Gasteiger partial charge in [0, 0.05) is 38.6 Å². The highest BCUT2D eigenvalue weighted by Crippen LogP contribution is 2.44. The summed E-state index contributed by atoms with van der Waals surface area (Å²) in [6.07, 6.45) is 0.223. The zero-order valence-corrected chi connectivity index (χ0v) is 23.9. The molecule has 218 valence electrons. The molecule has 2 unspecified atom stereocenters. The lowest BCUT2D eigenvalue weighted by molar-refractivity contribution is -0.143. The molecule has 2 atom stereocenters. The number of nitrogens with zero attached hydrogens (tertiary/aromatic N) is 2. The van der Waals surface area contributed by atoms with Crippen molar-refractivity contribution in [1.29, 1.82) is 0 Å². The van der Waals surface area contributed by atoms with Crippen LogP contribution in [-0.4, -0.2) is 71.2 Å². The summed E-state index contributed by atoms with van der Waals surface area (Å²) < 4.78 is 5.85. The number of nitrogens with one attached hydrogen (secondary N) is 1. The second kappa shape index (κ2) is 11.6. The summed E-state index contributed by atoms with van der Waals surface area (Å²) in [5.41, 5.74) is 4.59. The quantitative estimate of drug-likeness (QED) is 0.428. The van der Waals surface area contributed by atoms with E-state index in [9.17, 15) is 19.5 Å². The molecular formula is C34H37N3O5. The molecule has 2 heterocycles. The zero-order valence-electron chi connectivity index (χ0n) is 23.9. The number of aliphatic carboxylic acids is 1. The first-order valence-corrected chi connectivity index (χ1v) is 14.8. The molecule has 2 amide bonds. The third-order valence-electron chi connectivity index (χ3n) is 9.27. The predicted octanol–water partition coefficient (Wildman–Crippen LogP) is 4.74. The minimum absolute atomic E-state index is 0.0849. The topological polar surface area (TPSA) is 99.2 Å². The first-order valence-electron chi connectivity index (χ1n) is 14.8. The van der Waals surface area contributed by atoms with Crippen molar-refractivity contribution in [1.82, 2.24) is 15.1 Å². The summed E-state index contributed by atoms with van der Waals surface area (Å²) >= 11 is 0. The molecule has 8 heteroatoms. The molecule has 0 aromatic heterocycles. The van der Waals surface area contributed by atoms with Gasteiger partial charge in [-0.1, -0.05) is 85.8 Å². The number of carbonyl (C=O) groups is 3. The number of ether oxygens (including phenoxy) is 1. The van der Waals surface area contributed by atoms with Gasteiger partial charge in [-0.2, -0.15) is 0 Å². The first kappa shape index (κ1) is 28.0. The van der Waals surface area contributed by atoms with Gasteiger partial charge in [-0.25, -0.2) is 4.79 Å². The molecule has 0 saturated carbocycles. The number of benzene rings is 3. The zero-order chi connectivity index (χ0) is 29.3. The van der Waals surface area contributed by atoms with Crippen LogP contribution in [-0.2, 0) is 20.9 Å². The molecule has 3 aromatic carbocycles. The molecule has 1 aliphatic carbocycles. The van der Waals surface area contributed by atoms with E-state index in [2.05, 4.69) is 46.6 Å². The van der Waals surface area contributed by atoms with Gasteiger partial charge >= 0.3 is 12.1 Å². The van der Waals surface area contributed by atoms with Crippen LogP contribution in [0.3, 0.4) is 0 Å². The maximum Gasteiger partial charge on any atom is 0.408 e. The Labute approximate surface area is 246 Å². The van der Waals surface area contributed by atoms with Crippen LogP contribution >= 0.6 is 0 Å². The normalized spacial score (nSPS) is 21.4. The van der Waals surface area contributed by atoms with Gasteiger partial charge in [0.25, 0.3) is 0 Å². The van der Waals surface area contributed by atoms with Crippen molar-refractivity contribution in [2.75, 3.05) is 32.8 Å². The van der Waals surface area contributed by atoms with Gasteiger partial charge < -0.3 is 20.1 Å². The van der Waals surface area contributed by atoms with E-state index in [-0.39, 0.29) is 30.9 Å². The van der Waals surface area contributed by atoms with Gasteiger partial charge in [0.15, 0.2) is 0 Å². The summed E-state index contributed by atoms with van der Waals surface area (Å²) in [4.78, 5) is 43.2. The monoisotopic (exact) mass is 567 g/mol. The van der Waals surface area contributed by atoms with Gasteiger partial charge in [0.05, 0.1) is 5.92 Å². The minimum Gasteiger partial charge on any atom is -0.481 e. The van der Waals surface area contributed by atoms with E-state index in [1.54, 1.807) is 4.90 Å². The van der Waals surface area contributed by atoms with Crippen LogP contribution in [0, 0.1) is 11.8 Å². The highest BCUT2D eigenvalue weighted by molar-refractivity contribution is 5.91. The van der Waals surface area contributed by atoms with Crippen molar-refractivity contribution in [2.24, 2.45) is 11.8 Å². The molecule has 2 saturated heterocycles. The number of likely N-dealkylation sites (tertiary alicyclic amines) is 2. The van der Waals surface area contributed by atoms with Crippen LogP contribution in [0.2, 0.25) is 0 Å². The average Bonchev–Trinajstić information content (AvgIpc) is 3.55. The van der Waals surface area contributed by atoms with Gasteiger partial charge in [0.1, 0.15) is 12.1 Å². The summed E-state index contributed by atoms with van der Waals surface area (Å²) in [5.74, 6) is -1.96. The number of piperidine rings is 1. The lowest BCUT2D eigenvalue weighted by Gasteiger charge is -2.42. The number of hydrogen-bond acceptors (Lipinski definition) is 5. The lowest BCUT2D eigenvalue weighted by Crippen LogP contribution is -2.63. The number of carboxylic acid groups (broad SMARTS) is 1. The summed E-state index contributed by atoms with van der Waals surface area (Å²) in [6, 6.07) is 26.5. The number of alkyl carbamates (subject to hydrolysis) is 1. The van der Waals surface area contributed by atoms with E-state index in [1.807, 2.05) is 49.4 Å². The van der Waals surface area contributed by atoms with Crippen LogP contribution in [0.15, 0.2) is 78.9 Å². The highest BCUT2D eigenvalue weighted by atomic mass is 16.5. The molecule has 6 rings (SSSR count). The van der Waals surface area contributed by atoms with Crippen molar-refractivity contribution in [3.05, 3.63) is 95.6 Å². The van der Waals surface area contributed by atoms with E-state index < -0.39 is 23.5 Å². The molecular weight excluding hydrogens is 530 g/mol. The predicted molar refractivity (Wildman–Crippen MR) is 159 cm³/mol. The molecule has 3 aromatic rings. The Kier molecular flexibility index (Phi) is 7.73. The van der Waals surface area contributed by atoms with Crippen molar-refractivity contribution in [3.8, 4) is 11.1 Å². The Balaban J connectivity index is 1.17. The second-order valence-electron chi connectivity index (χ2n) is 11.9. The standard InChI is InChI=1S/C34H37N3O5/c1-23-19-37(21-29(23)31(38)39)32(40)34(15-17-36(18-16-34)20-24-9-3-2-4-10-24)35-33(41)42-22-30-27-13-7-5-11-25(27)26-12-6-8-14-28(26)30/h2-14,23,29-30H,15-22H2,1H3,(H,35,41)(H,38,39). The maximum absolute atomic E-state index is 14.1. The third kappa shape index (κ3) is 5.39. The summed E-state index contributed by atoms with van der Waals surface area (Å²) in [5, 5.41) is 12.7. The minimum atomic E-state index is -1.15. The van der Waals surface area contributed by atoms with E-state index in [4.69, 9.17) is 4.74 Å². The van der Waals surface area contributed by atoms with Crippen LogP contribution < -0.4 is 5.32 Å². The SMILES string of the molecule is CC1CN(C(=O)C2(NC(=O)OCC3c4ccccc4-c4ccccc43)CCN(Cc3ccccc3)CC2)CC1C(=O)O. The Bertz CT molecular complexity index is 1420. The molecule has 2 N–H and O–H groups in total. The van der Waals surface area contributed by atoms with Crippen molar-refractivity contribution in [2.45, 2.75) is 37.8 Å². The maximum atomic E-state index is 14.1. The van der Waals surface area contributed by atoms with Crippen LogP contribution in [0.25, 0.3) is 11.1 Å². The van der Waals surface area contributed by atoms with Crippen molar-refractivity contribution >= 4 is 18.0 Å². The molecule has 8 nitrogen and oxygen atoms in total. The Morgan fingerprint density at radius 2 is 1.48 bits per heavy atom. The van der Waals surface area contributed by atoms with Crippen molar-refractivity contribution < 1.29 is 24.2 Å². The van der Waals surface area contributed by atoms with Crippen molar-refractivity contribution in [3.63, 3.8) is 0 Å². The fourth-order valence-electron chi connectivity index (χ4n) is 6.91. The number of amides is 2. The van der Waals surface area contributed by atoms with Gasteiger partial charge in [-0.15, -0.1) is 0 Å². The van der Waals surface area contributed by atoms with Crippen LogP contribution in [0.4, 0.5) is 4.79 Å². The average molecular weight is 568 g/mol. The fourth-order valence-corrected chi connectivity index (χ4v) is 6.91. The smallest absolute Gasteiger partial charge is 0.408 e.